The van der Waals surface area contributed by atoms with Crippen molar-refractivity contribution < 1.29 is 13.9 Å². The number of nitrogens with zero attached hydrogens (tertiary/aromatic N) is 2. The third-order valence-corrected chi connectivity index (χ3v) is 2.51. The van der Waals surface area contributed by atoms with Gasteiger partial charge in [-0.3, -0.25) is 10.1 Å². The Bertz CT molecular complexity index is 466. The van der Waals surface area contributed by atoms with E-state index in [9.17, 15) is 4.79 Å². The molecule has 7 heteroatoms. The monoisotopic (exact) mass is 239 g/mol. The summed E-state index contributed by atoms with van der Waals surface area (Å²) in [7, 11) is 1.57. The fourth-order valence-corrected chi connectivity index (χ4v) is 1.76. The van der Waals surface area contributed by atoms with E-state index in [0.29, 0.717) is 16.7 Å². The van der Waals surface area contributed by atoms with Crippen molar-refractivity contribution in [2.24, 2.45) is 0 Å². The lowest BCUT2D eigenvalue weighted by atomic mass is 10.4. The van der Waals surface area contributed by atoms with Crippen molar-refractivity contribution in [3.8, 4) is 0 Å². The van der Waals surface area contributed by atoms with E-state index < -0.39 is 0 Å². The highest BCUT2D eigenvalue weighted by molar-refractivity contribution is 7.15. The average Bonchev–Trinajstić information content (AvgIpc) is 2.89. The summed E-state index contributed by atoms with van der Waals surface area (Å²) in [5.41, 5.74) is 0. The minimum atomic E-state index is -0.342. The van der Waals surface area contributed by atoms with Crippen LogP contribution in [0.2, 0.25) is 0 Å². The lowest BCUT2D eigenvalue weighted by molar-refractivity contribution is 0.0996. The number of nitrogens with one attached hydrogen (secondary N) is 1. The highest BCUT2D eigenvalue weighted by Crippen LogP contribution is 2.16. The normalized spacial score (nSPS) is 10.3. The highest BCUT2D eigenvalue weighted by Gasteiger charge is 2.11. The number of amides is 1. The third-order valence-electron chi connectivity index (χ3n) is 1.70. The molecule has 1 amide bonds. The fourth-order valence-electron chi connectivity index (χ4n) is 1.05. The van der Waals surface area contributed by atoms with Crippen LogP contribution in [-0.4, -0.2) is 23.2 Å². The second kappa shape index (κ2) is 4.86. The van der Waals surface area contributed by atoms with Gasteiger partial charge in [-0.25, -0.2) is 0 Å². The second-order valence-corrected chi connectivity index (χ2v) is 3.93. The molecular weight excluding hydrogens is 230 g/mol. The molecule has 0 unspecified atom stereocenters. The van der Waals surface area contributed by atoms with E-state index in [1.165, 1.54) is 17.6 Å². The zero-order chi connectivity index (χ0) is 11.4. The van der Waals surface area contributed by atoms with Gasteiger partial charge in [-0.05, 0) is 12.1 Å². The molecule has 0 saturated heterocycles. The fraction of sp³-hybridized carbons (Fsp3) is 0.222. The second-order valence-electron chi connectivity index (χ2n) is 2.87. The predicted molar refractivity (Wildman–Crippen MR) is 57.3 cm³/mol. The van der Waals surface area contributed by atoms with Crippen LogP contribution in [0.3, 0.4) is 0 Å². The number of aromatic nitrogens is 2. The smallest absolute Gasteiger partial charge is 0.293 e. The van der Waals surface area contributed by atoms with Crippen molar-refractivity contribution in [1.82, 2.24) is 10.2 Å². The molecule has 0 fully saturated rings. The van der Waals surface area contributed by atoms with Gasteiger partial charge in [0.25, 0.3) is 5.91 Å². The van der Waals surface area contributed by atoms with Gasteiger partial charge in [0.05, 0.1) is 6.26 Å². The first kappa shape index (κ1) is 10.8. The summed E-state index contributed by atoms with van der Waals surface area (Å²) in [6.45, 7) is 0.383. The number of methoxy groups -OCH3 is 1. The van der Waals surface area contributed by atoms with Crippen LogP contribution in [0.25, 0.3) is 0 Å². The van der Waals surface area contributed by atoms with Crippen LogP contribution in [0.15, 0.2) is 22.8 Å². The van der Waals surface area contributed by atoms with Crippen molar-refractivity contribution in [2.45, 2.75) is 6.61 Å². The Morgan fingerprint density at radius 1 is 1.62 bits per heavy atom. The minimum absolute atomic E-state index is 0.239. The lowest BCUT2D eigenvalue weighted by Crippen LogP contribution is -2.10. The summed E-state index contributed by atoms with van der Waals surface area (Å²) >= 11 is 1.26. The molecule has 2 heterocycles. The van der Waals surface area contributed by atoms with Gasteiger partial charge in [0.2, 0.25) is 5.13 Å². The maximum Gasteiger partial charge on any atom is 0.293 e. The predicted octanol–water partition coefficient (Wildman–Crippen LogP) is 1.53. The topological polar surface area (TPSA) is 77.3 Å². The Morgan fingerprint density at radius 2 is 2.50 bits per heavy atom. The summed E-state index contributed by atoms with van der Waals surface area (Å²) in [6.07, 6.45) is 1.44. The molecule has 84 valence electrons. The summed E-state index contributed by atoms with van der Waals surface area (Å²) in [4.78, 5) is 11.5. The third kappa shape index (κ3) is 2.44. The molecule has 0 aromatic carbocycles. The van der Waals surface area contributed by atoms with Crippen molar-refractivity contribution in [2.75, 3.05) is 12.4 Å². The number of furan rings is 1. The molecule has 0 aliphatic carbocycles. The van der Waals surface area contributed by atoms with Crippen LogP contribution < -0.4 is 5.32 Å². The summed E-state index contributed by atoms with van der Waals surface area (Å²) in [5, 5.41) is 11.3. The summed E-state index contributed by atoms with van der Waals surface area (Å²) in [5.74, 6) is -0.103. The first-order chi connectivity index (χ1) is 7.79. The standard InChI is InChI=1S/C9H9N3O3S/c1-14-5-7-11-12-9(16-7)10-8(13)6-3-2-4-15-6/h2-4H,5H2,1H3,(H,10,12,13). The molecule has 0 bridgehead atoms. The van der Waals surface area contributed by atoms with E-state index >= 15 is 0 Å². The Labute approximate surface area is 95.3 Å². The van der Waals surface area contributed by atoms with Gasteiger partial charge in [-0.15, -0.1) is 10.2 Å². The molecule has 0 atom stereocenters. The van der Waals surface area contributed by atoms with Crippen molar-refractivity contribution in [3.63, 3.8) is 0 Å². The molecular formula is C9H9N3O3S. The Hall–Kier alpha value is -1.73. The number of ether oxygens (including phenoxy) is 1. The Balaban J connectivity index is 2.01. The quantitative estimate of drug-likeness (QED) is 0.875. The molecule has 2 rings (SSSR count). The molecule has 0 aliphatic rings. The molecule has 0 aliphatic heterocycles. The highest BCUT2D eigenvalue weighted by atomic mass is 32.1. The van der Waals surface area contributed by atoms with Gasteiger partial charge in [-0.2, -0.15) is 0 Å². The SMILES string of the molecule is COCc1nnc(NC(=O)c2ccco2)s1. The number of carbonyl (C=O) groups excluding carboxylic acids is 1. The van der Waals surface area contributed by atoms with Gasteiger partial charge in [0, 0.05) is 7.11 Å². The lowest BCUT2D eigenvalue weighted by Gasteiger charge is -1.95. The van der Waals surface area contributed by atoms with Crippen LogP contribution in [0.5, 0.6) is 0 Å². The number of hydrogen-bond acceptors (Lipinski definition) is 6. The molecule has 1 N–H and O–H groups in total. The largest absolute Gasteiger partial charge is 0.459 e. The van der Waals surface area contributed by atoms with Crippen LogP contribution >= 0.6 is 11.3 Å². The maximum atomic E-state index is 11.5. The molecule has 6 nitrogen and oxygen atoms in total. The van der Waals surface area contributed by atoms with Gasteiger partial charge >= 0.3 is 0 Å². The van der Waals surface area contributed by atoms with Gasteiger partial charge in [0.1, 0.15) is 11.6 Å². The Morgan fingerprint density at radius 3 is 3.19 bits per heavy atom. The van der Waals surface area contributed by atoms with Crippen molar-refractivity contribution >= 4 is 22.4 Å². The first-order valence-corrected chi connectivity index (χ1v) is 5.27. The maximum absolute atomic E-state index is 11.5. The molecule has 0 spiro atoms. The number of hydrogen-bond donors (Lipinski definition) is 1. The van der Waals surface area contributed by atoms with E-state index in [1.54, 1.807) is 19.2 Å². The van der Waals surface area contributed by atoms with Gasteiger partial charge in [0.15, 0.2) is 5.76 Å². The minimum Gasteiger partial charge on any atom is -0.459 e. The van der Waals surface area contributed by atoms with E-state index in [2.05, 4.69) is 15.5 Å². The summed E-state index contributed by atoms with van der Waals surface area (Å²) < 4.78 is 9.84. The number of rotatable bonds is 4. The van der Waals surface area contributed by atoms with E-state index in [0.717, 1.165) is 0 Å². The van der Waals surface area contributed by atoms with Crippen molar-refractivity contribution in [1.29, 1.82) is 0 Å². The van der Waals surface area contributed by atoms with E-state index in [4.69, 9.17) is 9.15 Å². The molecule has 0 saturated carbocycles. The molecule has 16 heavy (non-hydrogen) atoms. The van der Waals surface area contributed by atoms with Crippen LogP contribution in [0.1, 0.15) is 15.6 Å². The van der Waals surface area contributed by atoms with Crippen molar-refractivity contribution in [3.05, 3.63) is 29.2 Å². The zero-order valence-electron chi connectivity index (χ0n) is 8.47. The zero-order valence-corrected chi connectivity index (χ0v) is 9.28. The number of carbonyl (C=O) groups is 1. The van der Waals surface area contributed by atoms with Crippen LogP contribution in [0, 0.1) is 0 Å². The van der Waals surface area contributed by atoms with Gasteiger partial charge in [-0.1, -0.05) is 11.3 Å². The number of anilines is 1. The average molecular weight is 239 g/mol. The Kier molecular flexibility index (Phi) is 3.28. The van der Waals surface area contributed by atoms with Crippen LogP contribution in [0.4, 0.5) is 5.13 Å². The summed E-state index contributed by atoms with van der Waals surface area (Å²) in [6, 6.07) is 3.22. The van der Waals surface area contributed by atoms with Crippen LogP contribution in [-0.2, 0) is 11.3 Å². The van der Waals surface area contributed by atoms with Gasteiger partial charge < -0.3 is 9.15 Å². The first-order valence-electron chi connectivity index (χ1n) is 4.46. The molecule has 2 aromatic heterocycles. The molecule has 0 radical (unpaired) electrons. The van der Waals surface area contributed by atoms with E-state index in [-0.39, 0.29) is 11.7 Å². The molecule has 2 aromatic rings. The van der Waals surface area contributed by atoms with E-state index in [1.807, 2.05) is 0 Å².